The van der Waals surface area contributed by atoms with E-state index in [-0.39, 0.29) is 11.0 Å². The number of hydrogen-bond acceptors (Lipinski definition) is 3. The van der Waals surface area contributed by atoms with E-state index in [4.69, 9.17) is 4.98 Å². The Hall–Kier alpha value is -0.410. The molecule has 1 unspecified atom stereocenters. The van der Waals surface area contributed by atoms with Gasteiger partial charge in [0.25, 0.3) is 0 Å². The lowest BCUT2D eigenvalue weighted by Crippen LogP contribution is -2.52. The van der Waals surface area contributed by atoms with Crippen molar-refractivity contribution >= 4 is 11.3 Å². The number of nitrogens with one attached hydrogen (secondary N) is 1. The van der Waals surface area contributed by atoms with Crippen molar-refractivity contribution in [3.05, 3.63) is 15.6 Å². The number of aryl methyl sites for hydroxylation is 2. The third-order valence-electron chi connectivity index (χ3n) is 4.44. The molecule has 1 heterocycles. The van der Waals surface area contributed by atoms with E-state index in [0.29, 0.717) is 6.04 Å². The number of thiazole rings is 1. The Morgan fingerprint density at radius 3 is 2.28 bits per heavy atom. The van der Waals surface area contributed by atoms with Gasteiger partial charge in [-0.25, -0.2) is 4.98 Å². The summed E-state index contributed by atoms with van der Waals surface area (Å²) in [7, 11) is 0. The van der Waals surface area contributed by atoms with Crippen molar-refractivity contribution in [1.29, 1.82) is 0 Å². The second-order valence-corrected chi connectivity index (χ2v) is 7.81. The predicted molar refractivity (Wildman–Crippen MR) is 79.2 cm³/mol. The highest BCUT2D eigenvalue weighted by Crippen LogP contribution is 2.53. The first kappa shape index (κ1) is 14.0. The van der Waals surface area contributed by atoms with Gasteiger partial charge in [0.1, 0.15) is 5.01 Å². The van der Waals surface area contributed by atoms with Crippen LogP contribution in [0.25, 0.3) is 0 Å². The standard InChI is InChI=1S/C15H26N2S/c1-10(2)17-15(9-7-8-14(15,5)6)13-16-11(3)12(4)18-13/h10,17H,7-9H2,1-6H3. The van der Waals surface area contributed by atoms with E-state index in [2.05, 4.69) is 46.9 Å². The van der Waals surface area contributed by atoms with E-state index >= 15 is 0 Å². The van der Waals surface area contributed by atoms with Crippen LogP contribution in [-0.4, -0.2) is 11.0 Å². The van der Waals surface area contributed by atoms with E-state index in [0.717, 1.165) is 0 Å². The molecule has 3 heteroatoms. The van der Waals surface area contributed by atoms with Crippen molar-refractivity contribution in [3.63, 3.8) is 0 Å². The van der Waals surface area contributed by atoms with Gasteiger partial charge in [-0.3, -0.25) is 0 Å². The average molecular weight is 266 g/mol. The van der Waals surface area contributed by atoms with Crippen molar-refractivity contribution in [2.75, 3.05) is 0 Å². The summed E-state index contributed by atoms with van der Waals surface area (Å²) < 4.78 is 0. The molecular formula is C15H26N2S. The first-order valence-electron chi connectivity index (χ1n) is 7.01. The highest BCUT2D eigenvalue weighted by molar-refractivity contribution is 7.11. The summed E-state index contributed by atoms with van der Waals surface area (Å²) in [5, 5.41) is 5.15. The molecule has 1 atom stereocenters. The molecule has 1 fully saturated rings. The van der Waals surface area contributed by atoms with Gasteiger partial charge in [0.15, 0.2) is 0 Å². The molecule has 1 N–H and O–H groups in total. The lowest BCUT2D eigenvalue weighted by molar-refractivity contribution is 0.143. The van der Waals surface area contributed by atoms with Crippen LogP contribution in [0.15, 0.2) is 0 Å². The van der Waals surface area contributed by atoms with Crippen LogP contribution in [0.3, 0.4) is 0 Å². The highest BCUT2D eigenvalue weighted by Gasteiger charge is 2.52. The molecular weight excluding hydrogens is 240 g/mol. The van der Waals surface area contributed by atoms with Crippen molar-refractivity contribution < 1.29 is 0 Å². The monoisotopic (exact) mass is 266 g/mol. The maximum atomic E-state index is 4.87. The molecule has 0 radical (unpaired) electrons. The fourth-order valence-corrected chi connectivity index (χ4v) is 4.50. The molecule has 0 spiro atoms. The third-order valence-corrected chi connectivity index (χ3v) is 5.67. The van der Waals surface area contributed by atoms with Crippen molar-refractivity contribution in [2.45, 2.75) is 72.4 Å². The summed E-state index contributed by atoms with van der Waals surface area (Å²) in [5.41, 5.74) is 1.56. The second kappa shape index (κ2) is 4.61. The molecule has 1 aliphatic carbocycles. The molecule has 0 amide bonds. The van der Waals surface area contributed by atoms with Gasteiger partial charge in [-0.1, -0.05) is 20.3 Å². The summed E-state index contributed by atoms with van der Waals surface area (Å²) in [4.78, 5) is 6.23. The van der Waals surface area contributed by atoms with Gasteiger partial charge in [0, 0.05) is 10.9 Å². The number of rotatable bonds is 3. The zero-order valence-electron chi connectivity index (χ0n) is 12.6. The average Bonchev–Trinajstić information content (AvgIpc) is 2.70. The van der Waals surface area contributed by atoms with E-state index in [9.17, 15) is 0 Å². The van der Waals surface area contributed by atoms with E-state index in [1.165, 1.54) is 34.8 Å². The van der Waals surface area contributed by atoms with Crippen LogP contribution in [0.4, 0.5) is 0 Å². The Labute approximate surface area is 115 Å². The Morgan fingerprint density at radius 2 is 1.89 bits per heavy atom. The van der Waals surface area contributed by atoms with Gasteiger partial charge >= 0.3 is 0 Å². The number of hydrogen-bond donors (Lipinski definition) is 1. The molecule has 0 saturated heterocycles. The summed E-state index contributed by atoms with van der Waals surface area (Å²) in [6.45, 7) is 13.6. The van der Waals surface area contributed by atoms with Crippen LogP contribution >= 0.6 is 11.3 Å². The largest absolute Gasteiger partial charge is 0.303 e. The van der Waals surface area contributed by atoms with E-state index in [1.54, 1.807) is 0 Å². The predicted octanol–water partition coefficient (Wildman–Crippen LogP) is 4.16. The summed E-state index contributed by atoms with van der Waals surface area (Å²) >= 11 is 1.88. The molecule has 0 aromatic carbocycles. The van der Waals surface area contributed by atoms with E-state index < -0.39 is 0 Å². The van der Waals surface area contributed by atoms with Gasteiger partial charge in [0.05, 0.1) is 11.2 Å². The van der Waals surface area contributed by atoms with Crippen molar-refractivity contribution in [2.24, 2.45) is 5.41 Å². The summed E-state index contributed by atoms with van der Waals surface area (Å²) in [5.74, 6) is 0. The maximum Gasteiger partial charge on any atom is 0.114 e. The Balaban J connectivity index is 2.48. The number of aromatic nitrogens is 1. The lowest BCUT2D eigenvalue weighted by atomic mass is 9.75. The zero-order valence-corrected chi connectivity index (χ0v) is 13.4. The molecule has 0 bridgehead atoms. The molecule has 18 heavy (non-hydrogen) atoms. The van der Waals surface area contributed by atoms with Crippen LogP contribution < -0.4 is 5.32 Å². The first-order chi connectivity index (χ1) is 8.28. The molecule has 1 aliphatic rings. The highest BCUT2D eigenvalue weighted by atomic mass is 32.1. The van der Waals surface area contributed by atoms with Gasteiger partial charge in [-0.2, -0.15) is 0 Å². The molecule has 1 aromatic heterocycles. The second-order valence-electron chi connectivity index (χ2n) is 6.60. The summed E-state index contributed by atoms with van der Waals surface area (Å²) in [6.07, 6.45) is 3.79. The fourth-order valence-electron chi connectivity index (χ4n) is 3.22. The molecule has 0 aliphatic heterocycles. The SMILES string of the molecule is Cc1nc(C2(NC(C)C)CCCC2(C)C)sc1C. The van der Waals surface area contributed by atoms with Crippen molar-refractivity contribution in [1.82, 2.24) is 10.3 Å². The Bertz CT molecular complexity index is 414. The zero-order chi connectivity index (χ0) is 13.6. The Morgan fingerprint density at radius 1 is 1.22 bits per heavy atom. The van der Waals surface area contributed by atoms with Gasteiger partial charge in [0.2, 0.25) is 0 Å². The van der Waals surface area contributed by atoms with Gasteiger partial charge in [-0.05, 0) is 46.0 Å². The van der Waals surface area contributed by atoms with Crippen LogP contribution in [0, 0.1) is 19.3 Å². The van der Waals surface area contributed by atoms with E-state index in [1.807, 2.05) is 11.3 Å². The Kier molecular flexibility index (Phi) is 3.58. The summed E-state index contributed by atoms with van der Waals surface area (Å²) in [6, 6.07) is 0.492. The first-order valence-corrected chi connectivity index (χ1v) is 7.82. The van der Waals surface area contributed by atoms with Gasteiger partial charge < -0.3 is 5.32 Å². The quantitative estimate of drug-likeness (QED) is 0.888. The molecule has 2 rings (SSSR count). The molecule has 1 aromatic rings. The molecule has 2 nitrogen and oxygen atoms in total. The van der Waals surface area contributed by atoms with Crippen molar-refractivity contribution in [3.8, 4) is 0 Å². The lowest BCUT2D eigenvalue weighted by Gasteiger charge is -2.42. The van der Waals surface area contributed by atoms with Gasteiger partial charge in [-0.15, -0.1) is 11.3 Å². The molecule has 1 saturated carbocycles. The smallest absolute Gasteiger partial charge is 0.114 e. The van der Waals surface area contributed by atoms with Crippen LogP contribution in [-0.2, 0) is 5.54 Å². The van der Waals surface area contributed by atoms with Crippen LogP contribution in [0.5, 0.6) is 0 Å². The normalized spacial score (nSPS) is 27.1. The third kappa shape index (κ3) is 2.12. The topological polar surface area (TPSA) is 24.9 Å². The fraction of sp³-hybridized carbons (Fsp3) is 0.800. The van der Waals surface area contributed by atoms with Crippen LogP contribution in [0.1, 0.15) is 62.5 Å². The van der Waals surface area contributed by atoms with Crippen LogP contribution in [0.2, 0.25) is 0 Å². The minimum absolute atomic E-state index is 0.0743. The minimum atomic E-state index is 0.0743. The number of nitrogens with zero attached hydrogens (tertiary/aromatic N) is 1. The molecule has 102 valence electrons. The maximum absolute atomic E-state index is 4.87. The minimum Gasteiger partial charge on any atom is -0.303 e.